The molecule has 0 bridgehead atoms. The summed E-state index contributed by atoms with van der Waals surface area (Å²) in [5.74, 6) is -0.208. The standard InChI is InChI=1S/C18H17FN2O3/c1-24-16-7-5-15(6-8-16)21-11-14(10-17(21)22)20-18(23)12-3-2-4-13(19)9-12/h2-9,14H,10-11H2,1H3,(H,20,23)/t14-/m0/s1. The lowest BCUT2D eigenvalue weighted by Crippen LogP contribution is -2.37. The van der Waals surface area contributed by atoms with E-state index in [4.69, 9.17) is 4.74 Å². The Labute approximate surface area is 139 Å². The molecule has 0 unspecified atom stereocenters. The van der Waals surface area contributed by atoms with Crippen LogP contribution < -0.4 is 15.0 Å². The molecule has 1 saturated heterocycles. The van der Waals surface area contributed by atoms with E-state index in [1.54, 1.807) is 36.3 Å². The first-order valence-electron chi connectivity index (χ1n) is 7.57. The van der Waals surface area contributed by atoms with Gasteiger partial charge >= 0.3 is 0 Å². The molecular formula is C18H17FN2O3. The summed E-state index contributed by atoms with van der Waals surface area (Å²) in [5, 5.41) is 2.78. The first-order valence-corrected chi connectivity index (χ1v) is 7.57. The topological polar surface area (TPSA) is 58.6 Å². The van der Waals surface area contributed by atoms with E-state index in [-0.39, 0.29) is 29.8 Å². The zero-order valence-corrected chi connectivity index (χ0v) is 13.2. The molecule has 5 nitrogen and oxygen atoms in total. The number of nitrogens with one attached hydrogen (secondary N) is 1. The Morgan fingerprint density at radius 2 is 2.00 bits per heavy atom. The van der Waals surface area contributed by atoms with Gasteiger partial charge < -0.3 is 15.0 Å². The number of rotatable bonds is 4. The Hall–Kier alpha value is -2.89. The van der Waals surface area contributed by atoms with Crippen molar-refractivity contribution >= 4 is 17.5 Å². The van der Waals surface area contributed by atoms with Crippen molar-refractivity contribution in [2.24, 2.45) is 0 Å². The summed E-state index contributed by atoms with van der Waals surface area (Å²) in [4.78, 5) is 26.0. The second-order valence-electron chi connectivity index (χ2n) is 5.59. The molecule has 1 atom stereocenters. The number of benzene rings is 2. The highest BCUT2D eigenvalue weighted by atomic mass is 19.1. The highest BCUT2D eigenvalue weighted by Crippen LogP contribution is 2.24. The van der Waals surface area contributed by atoms with E-state index in [2.05, 4.69) is 5.32 Å². The van der Waals surface area contributed by atoms with E-state index < -0.39 is 5.82 Å². The highest BCUT2D eigenvalue weighted by molar-refractivity contribution is 5.99. The summed E-state index contributed by atoms with van der Waals surface area (Å²) in [7, 11) is 1.58. The van der Waals surface area contributed by atoms with Gasteiger partial charge in [0.1, 0.15) is 11.6 Å². The Morgan fingerprint density at radius 3 is 2.67 bits per heavy atom. The molecule has 124 valence electrons. The third-order valence-electron chi connectivity index (χ3n) is 3.93. The molecule has 0 aliphatic carbocycles. The van der Waals surface area contributed by atoms with Crippen molar-refractivity contribution in [1.29, 1.82) is 0 Å². The molecule has 1 heterocycles. The average Bonchev–Trinajstić information content (AvgIpc) is 2.95. The fraction of sp³-hybridized carbons (Fsp3) is 0.222. The van der Waals surface area contributed by atoms with Crippen LogP contribution >= 0.6 is 0 Å². The van der Waals surface area contributed by atoms with E-state index in [0.717, 1.165) is 5.69 Å². The molecule has 1 N–H and O–H groups in total. The molecule has 1 fully saturated rings. The second-order valence-corrected chi connectivity index (χ2v) is 5.59. The molecule has 2 amide bonds. The Bertz CT molecular complexity index is 761. The third kappa shape index (κ3) is 3.37. The van der Waals surface area contributed by atoms with Gasteiger partial charge in [-0.3, -0.25) is 9.59 Å². The van der Waals surface area contributed by atoms with E-state index in [9.17, 15) is 14.0 Å². The normalized spacial score (nSPS) is 17.0. The first kappa shape index (κ1) is 16.0. The number of hydrogen-bond acceptors (Lipinski definition) is 3. The Kier molecular flexibility index (Phi) is 4.46. The van der Waals surface area contributed by atoms with Gasteiger partial charge in [0.25, 0.3) is 5.91 Å². The molecule has 0 spiro atoms. The lowest BCUT2D eigenvalue weighted by atomic mass is 10.2. The number of nitrogens with zero attached hydrogens (tertiary/aromatic N) is 1. The molecule has 3 rings (SSSR count). The number of carbonyl (C=O) groups excluding carboxylic acids is 2. The summed E-state index contributed by atoms with van der Waals surface area (Å²) in [6.45, 7) is 0.381. The number of hydrogen-bond donors (Lipinski definition) is 1. The number of ether oxygens (including phenoxy) is 1. The number of halogens is 1. The van der Waals surface area contributed by atoms with Crippen LogP contribution in [0.25, 0.3) is 0 Å². The fourth-order valence-electron chi connectivity index (χ4n) is 2.71. The SMILES string of the molecule is COc1ccc(N2C[C@@H](NC(=O)c3cccc(F)c3)CC2=O)cc1. The van der Waals surface area contributed by atoms with E-state index in [1.165, 1.54) is 24.3 Å². The number of carbonyl (C=O) groups is 2. The van der Waals surface area contributed by atoms with Crippen LogP contribution in [0.2, 0.25) is 0 Å². The third-order valence-corrected chi connectivity index (χ3v) is 3.93. The van der Waals surface area contributed by atoms with Crippen LogP contribution in [-0.4, -0.2) is 31.5 Å². The van der Waals surface area contributed by atoms with Gasteiger partial charge in [0.15, 0.2) is 0 Å². The van der Waals surface area contributed by atoms with Gasteiger partial charge in [-0.25, -0.2) is 4.39 Å². The van der Waals surface area contributed by atoms with Crippen LogP contribution in [0.1, 0.15) is 16.8 Å². The number of anilines is 1. The van der Waals surface area contributed by atoms with Crippen molar-refractivity contribution in [3.63, 3.8) is 0 Å². The smallest absolute Gasteiger partial charge is 0.251 e. The Balaban J connectivity index is 1.67. The number of amides is 2. The van der Waals surface area contributed by atoms with Gasteiger partial charge in [-0.15, -0.1) is 0 Å². The van der Waals surface area contributed by atoms with E-state index >= 15 is 0 Å². The van der Waals surface area contributed by atoms with Gasteiger partial charge in [-0.2, -0.15) is 0 Å². The summed E-state index contributed by atoms with van der Waals surface area (Å²) in [6.07, 6.45) is 0.215. The Morgan fingerprint density at radius 1 is 1.25 bits per heavy atom. The summed E-state index contributed by atoms with van der Waals surface area (Å²) in [5.41, 5.74) is 0.994. The molecule has 6 heteroatoms. The van der Waals surface area contributed by atoms with Crippen molar-refractivity contribution in [3.8, 4) is 5.75 Å². The quantitative estimate of drug-likeness (QED) is 0.937. The zero-order chi connectivity index (χ0) is 17.1. The van der Waals surface area contributed by atoms with Gasteiger partial charge in [0.05, 0.1) is 13.2 Å². The van der Waals surface area contributed by atoms with Gasteiger partial charge in [0.2, 0.25) is 5.91 Å². The van der Waals surface area contributed by atoms with Crippen LogP contribution in [0.5, 0.6) is 5.75 Å². The van der Waals surface area contributed by atoms with E-state index in [0.29, 0.717) is 12.3 Å². The van der Waals surface area contributed by atoms with Crippen molar-refractivity contribution < 1.29 is 18.7 Å². The fourth-order valence-corrected chi connectivity index (χ4v) is 2.71. The molecule has 0 radical (unpaired) electrons. The molecule has 24 heavy (non-hydrogen) atoms. The molecule has 1 aliphatic heterocycles. The van der Waals surface area contributed by atoms with Crippen molar-refractivity contribution in [2.75, 3.05) is 18.6 Å². The van der Waals surface area contributed by atoms with Crippen LogP contribution in [-0.2, 0) is 4.79 Å². The predicted molar refractivity (Wildman–Crippen MR) is 87.6 cm³/mol. The molecule has 2 aromatic carbocycles. The van der Waals surface area contributed by atoms with Crippen LogP contribution in [0.4, 0.5) is 10.1 Å². The van der Waals surface area contributed by atoms with Crippen molar-refractivity contribution in [1.82, 2.24) is 5.32 Å². The lowest BCUT2D eigenvalue weighted by Gasteiger charge is -2.17. The molecule has 2 aromatic rings. The summed E-state index contributed by atoms with van der Waals surface area (Å²) < 4.78 is 18.3. The van der Waals surface area contributed by atoms with Crippen LogP contribution in [0.3, 0.4) is 0 Å². The van der Waals surface area contributed by atoms with Crippen molar-refractivity contribution in [2.45, 2.75) is 12.5 Å². The minimum Gasteiger partial charge on any atom is -0.497 e. The molecule has 1 aliphatic rings. The average molecular weight is 328 g/mol. The molecular weight excluding hydrogens is 311 g/mol. The van der Waals surface area contributed by atoms with E-state index in [1.807, 2.05) is 0 Å². The predicted octanol–water partition coefficient (Wildman–Crippen LogP) is 2.37. The maximum atomic E-state index is 13.2. The van der Waals surface area contributed by atoms with Crippen molar-refractivity contribution in [3.05, 3.63) is 59.9 Å². The van der Waals surface area contributed by atoms with Gasteiger partial charge in [0, 0.05) is 24.2 Å². The minimum atomic E-state index is -0.468. The number of methoxy groups -OCH3 is 1. The second kappa shape index (κ2) is 6.70. The van der Waals surface area contributed by atoms with Crippen LogP contribution in [0.15, 0.2) is 48.5 Å². The lowest BCUT2D eigenvalue weighted by molar-refractivity contribution is -0.117. The molecule has 0 saturated carbocycles. The van der Waals surface area contributed by atoms with Crippen LogP contribution in [0, 0.1) is 5.82 Å². The first-order chi connectivity index (χ1) is 11.6. The maximum absolute atomic E-state index is 13.2. The van der Waals surface area contributed by atoms with Gasteiger partial charge in [-0.1, -0.05) is 6.07 Å². The monoisotopic (exact) mass is 328 g/mol. The molecule has 0 aromatic heterocycles. The summed E-state index contributed by atoms with van der Waals surface area (Å²) in [6, 6.07) is 12.3. The van der Waals surface area contributed by atoms with Gasteiger partial charge in [-0.05, 0) is 42.5 Å². The highest BCUT2D eigenvalue weighted by Gasteiger charge is 2.31. The largest absolute Gasteiger partial charge is 0.497 e. The summed E-state index contributed by atoms with van der Waals surface area (Å²) >= 11 is 0. The maximum Gasteiger partial charge on any atom is 0.251 e. The minimum absolute atomic E-state index is 0.0651. The zero-order valence-electron chi connectivity index (χ0n) is 13.2.